The number of carbonyl (C=O) groups excluding carboxylic acids is 1. The number of aliphatic carboxylic acids is 1. The van der Waals surface area contributed by atoms with E-state index in [2.05, 4.69) is 0 Å². The minimum absolute atomic E-state index is 0.147. The van der Waals surface area contributed by atoms with Crippen LogP contribution in [0.25, 0.3) is 0 Å². The second-order valence-electron chi connectivity index (χ2n) is 2.67. The highest BCUT2D eigenvalue weighted by Gasteiger charge is 2.04. The lowest BCUT2D eigenvalue weighted by Crippen LogP contribution is -2.00. The van der Waals surface area contributed by atoms with Crippen LogP contribution in [0.1, 0.15) is 33.1 Å². The molecule has 0 unspecified atom stereocenters. The molecule has 12 heavy (non-hydrogen) atoms. The van der Waals surface area contributed by atoms with Crippen molar-refractivity contribution in [1.82, 2.24) is 0 Å². The fourth-order valence-corrected chi connectivity index (χ4v) is 0.866. The number of carbonyl (C=O) groups is 2. The molecule has 0 aliphatic heterocycles. The van der Waals surface area contributed by atoms with Gasteiger partial charge in [-0.1, -0.05) is 13.3 Å². The van der Waals surface area contributed by atoms with E-state index in [9.17, 15) is 9.59 Å². The summed E-state index contributed by atoms with van der Waals surface area (Å²) in [6.07, 6.45) is 3.39. The summed E-state index contributed by atoms with van der Waals surface area (Å²) >= 11 is 0. The van der Waals surface area contributed by atoms with E-state index in [0.29, 0.717) is 12.0 Å². The Morgan fingerprint density at radius 3 is 2.33 bits per heavy atom. The molecule has 0 rings (SSSR count). The van der Waals surface area contributed by atoms with Crippen molar-refractivity contribution in [3.05, 3.63) is 11.6 Å². The van der Waals surface area contributed by atoms with E-state index in [4.69, 9.17) is 5.11 Å². The fraction of sp³-hybridized carbons (Fsp3) is 0.556. The third kappa shape index (κ3) is 4.66. The molecule has 0 aromatic carbocycles. The van der Waals surface area contributed by atoms with Gasteiger partial charge in [-0.25, -0.2) is 4.79 Å². The van der Waals surface area contributed by atoms with Crippen molar-refractivity contribution in [3.8, 4) is 0 Å². The molecule has 0 aromatic rings. The van der Waals surface area contributed by atoms with Crippen LogP contribution in [0.15, 0.2) is 11.6 Å². The molecule has 0 heterocycles. The average Bonchev–Trinajstić information content (AvgIpc) is 1.96. The van der Waals surface area contributed by atoms with Crippen molar-refractivity contribution in [2.24, 2.45) is 0 Å². The number of allylic oxidation sites excluding steroid dienone is 1. The van der Waals surface area contributed by atoms with Gasteiger partial charge in [0, 0.05) is 11.6 Å². The van der Waals surface area contributed by atoms with E-state index >= 15 is 0 Å². The van der Waals surface area contributed by atoms with Gasteiger partial charge in [0.2, 0.25) is 0 Å². The summed E-state index contributed by atoms with van der Waals surface area (Å²) < 4.78 is 0. The van der Waals surface area contributed by atoms with Crippen molar-refractivity contribution >= 4 is 11.8 Å². The first kappa shape index (κ1) is 10.9. The van der Waals surface area contributed by atoms with E-state index in [1.165, 1.54) is 6.92 Å². The Kier molecular flexibility index (Phi) is 5.00. The van der Waals surface area contributed by atoms with Gasteiger partial charge >= 0.3 is 5.97 Å². The maximum Gasteiger partial charge on any atom is 0.328 e. The van der Waals surface area contributed by atoms with Crippen molar-refractivity contribution in [2.75, 3.05) is 0 Å². The van der Waals surface area contributed by atoms with Gasteiger partial charge in [0.05, 0.1) is 0 Å². The van der Waals surface area contributed by atoms with Crippen molar-refractivity contribution in [1.29, 1.82) is 0 Å². The number of carboxylic acid groups (broad SMARTS) is 1. The Bertz CT molecular complexity index is 204. The lowest BCUT2D eigenvalue weighted by Gasteiger charge is -1.99. The summed E-state index contributed by atoms with van der Waals surface area (Å²) in [4.78, 5) is 21.1. The Morgan fingerprint density at radius 2 is 2.00 bits per heavy atom. The molecule has 0 fully saturated rings. The predicted octanol–water partition coefficient (Wildman–Crippen LogP) is 1.78. The smallest absolute Gasteiger partial charge is 0.328 e. The van der Waals surface area contributed by atoms with Gasteiger partial charge < -0.3 is 5.11 Å². The predicted molar refractivity (Wildman–Crippen MR) is 45.9 cm³/mol. The van der Waals surface area contributed by atoms with Gasteiger partial charge in [-0.2, -0.15) is 0 Å². The first-order chi connectivity index (χ1) is 5.57. The van der Waals surface area contributed by atoms with E-state index in [1.54, 1.807) is 0 Å². The molecule has 0 aliphatic rings. The molecule has 0 bridgehead atoms. The number of ketones is 1. The molecule has 68 valence electrons. The van der Waals surface area contributed by atoms with E-state index in [1.807, 2.05) is 6.92 Å². The number of hydrogen-bond acceptors (Lipinski definition) is 2. The van der Waals surface area contributed by atoms with Crippen molar-refractivity contribution in [2.45, 2.75) is 33.1 Å². The molecule has 0 radical (unpaired) electrons. The second-order valence-corrected chi connectivity index (χ2v) is 2.67. The monoisotopic (exact) mass is 170 g/mol. The molecule has 0 spiro atoms. The van der Waals surface area contributed by atoms with Crippen LogP contribution in [0.4, 0.5) is 0 Å². The number of Topliss-reactive ketones (excluding diaryl/α,β-unsaturated/α-hetero) is 1. The standard InChI is InChI=1S/C9H14O3/c1-3-4-5-8(7(2)10)6-9(11)12/h6H,3-5H2,1-2H3,(H,11,12)/b8-6-. The highest BCUT2D eigenvalue weighted by atomic mass is 16.4. The third-order valence-corrected chi connectivity index (χ3v) is 1.55. The Labute approximate surface area is 72.1 Å². The Balaban J connectivity index is 4.23. The number of carboxylic acids is 1. The lowest BCUT2D eigenvalue weighted by atomic mass is 10.1. The van der Waals surface area contributed by atoms with Gasteiger partial charge in [-0.15, -0.1) is 0 Å². The van der Waals surface area contributed by atoms with Crippen LogP contribution in [-0.2, 0) is 9.59 Å². The first-order valence-corrected chi connectivity index (χ1v) is 4.02. The fourth-order valence-electron chi connectivity index (χ4n) is 0.866. The van der Waals surface area contributed by atoms with E-state index in [0.717, 1.165) is 18.9 Å². The highest BCUT2D eigenvalue weighted by Crippen LogP contribution is 2.07. The number of unbranched alkanes of at least 4 members (excludes halogenated alkanes) is 1. The molecular weight excluding hydrogens is 156 g/mol. The summed E-state index contributed by atoms with van der Waals surface area (Å²) in [6.45, 7) is 3.39. The van der Waals surface area contributed by atoms with Crippen LogP contribution < -0.4 is 0 Å². The minimum atomic E-state index is -1.05. The third-order valence-electron chi connectivity index (χ3n) is 1.55. The summed E-state index contributed by atoms with van der Waals surface area (Å²) in [5.41, 5.74) is 0.407. The largest absolute Gasteiger partial charge is 0.478 e. The van der Waals surface area contributed by atoms with E-state index < -0.39 is 5.97 Å². The molecule has 0 saturated carbocycles. The zero-order valence-corrected chi connectivity index (χ0v) is 7.46. The quantitative estimate of drug-likeness (QED) is 0.640. The zero-order chi connectivity index (χ0) is 9.56. The van der Waals surface area contributed by atoms with Crippen LogP contribution in [0.2, 0.25) is 0 Å². The summed E-state index contributed by atoms with van der Waals surface area (Å²) in [5.74, 6) is -1.19. The molecule has 3 nitrogen and oxygen atoms in total. The number of hydrogen-bond donors (Lipinski definition) is 1. The molecule has 0 saturated heterocycles. The average molecular weight is 170 g/mol. The first-order valence-electron chi connectivity index (χ1n) is 4.02. The maximum absolute atomic E-state index is 10.9. The van der Waals surface area contributed by atoms with Gasteiger partial charge in [0.25, 0.3) is 0 Å². The van der Waals surface area contributed by atoms with Gasteiger partial charge in [-0.3, -0.25) is 4.79 Å². The summed E-state index contributed by atoms with van der Waals surface area (Å²) in [7, 11) is 0. The zero-order valence-electron chi connectivity index (χ0n) is 7.46. The van der Waals surface area contributed by atoms with Gasteiger partial charge in [0.1, 0.15) is 0 Å². The minimum Gasteiger partial charge on any atom is -0.478 e. The molecule has 3 heteroatoms. The second kappa shape index (κ2) is 5.52. The van der Waals surface area contributed by atoms with Gasteiger partial charge in [0.15, 0.2) is 5.78 Å². The molecule has 0 amide bonds. The van der Waals surface area contributed by atoms with Crippen molar-refractivity contribution in [3.63, 3.8) is 0 Å². The molecule has 0 atom stereocenters. The molecule has 0 aromatic heterocycles. The SMILES string of the molecule is CCCC/C(=C/C(=O)O)C(C)=O. The van der Waals surface area contributed by atoms with Crippen LogP contribution in [-0.4, -0.2) is 16.9 Å². The van der Waals surface area contributed by atoms with Crippen LogP contribution in [0, 0.1) is 0 Å². The highest BCUT2D eigenvalue weighted by molar-refractivity contribution is 5.98. The summed E-state index contributed by atoms with van der Waals surface area (Å²) in [5, 5.41) is 8.40. The lowest BCUT2D eigenvalue weighted by molar-refractivity contribution is -0.131. The normalized spacial score (nSPS) is 11.3. The van der Waals surface area contributed by atoms with Crippen molar-refractivity contribution < 1.29 is 14.7 Å². The van der Waals surface area contributed by atoms with Gasteiger partial charge in [-0.05, 0) is 19.8 Å². The topological polar surface area (TPSA) is 54.4 Å². The molecular formula is C9H14O3. The van der Waals surface area contributed by atoms with Crippen LogP contribution in [0.3, 0.4) is 0 Å². The molecule has 0 aliphatic carbocycles. The Hall–Kier alpha value is -1.12. The van der Waals surface area contributed by atoms with Crippen LogP contribution in [0.5, 0.6) is 0 Å². The summed E-state index contributed by atoms with van der Waals surface area (Å²) in [6, 6.07) is 0. The van der Waals surface area contributed by atoms with E-state index in [-0.39, 0.29) is 5.78 Å². The van der Waals surface area contributed by atoms with Crippen LogP contribution >= 0.6 is 0 Å². The Morgan fingerprint density at radius 1 is 1.42 bits per heavy atom. The maximum atomic E-state index is 10.9. The number of rotatable bonds is 5. The molecule has 1 N–H and O–H groups in total.